The number of rotatable bonds is 5. The fourth-order valence-corrected chi connectivity index (χ4v) is 2.18. The molecule has 0 saturated carbocycles. The molecular weight excluding hydrogens is 272 g/mol. The molecule has 84 valence electrons. The summed E-state index contributed by atoms with van der Waals surface area (Å²) in [4.78, 5) is 4.32. The minimum absolute atomic E-state index is 0.461. The standard InChI is InChI=1S/C11H17BrN2S/c1-8-4-6-13-11(10(8)12)14-9(2)5-7-15-3/h4,6,9H,5,7H2,1-3H3,(H,13,14). The van der Waals surface area contributed by atoms with Gasteiger partial charge in [0.05, 0.1) is 4.47 Å². The van der Waals surface area contributed by atoms with Crippen molar-refractivity contribution in [3.8, 4) is 0 Å². The van der Waals surface area contributed by atoms with Crippen LogP contribution in [0.4, 0.5) is 5.82 Å². The van der Waals surface area contributed by atoms with E-state index in [0.29, 0.717) is 6.04 Å². The highest BCUT2D eigenvalue weighted by atomic mass is 79.9. The minimum atomic E-state index is 0.461. The molecule has 1 rings (SSSR count). The third kappa shape index (κ3) is 4.03. The van der Waals surface area contributed by atoms with E-state index >= 15 is 0 Å². The van der Waals surface area contributed by atoms with Gasteiger partial charge in [-0.2, -0.15) is 11.8 Å². The average molecular weight is 289 g/mol. The number of hydrogen-bond acceptors (Lipinski definition) is 3. The average Bonchev–Trinajstić information content (AvgIpc) is 2.22. The van der Waals surface area contributed by atoms with Crippen molar-refractivity contribution < 1.29 is 0 Å². The van der Waals surface area contributed by atoms with Crippen molar-refractivity contribution in [1.29, 1.82) is 0 Å². The number of aromatic nitrogens is 1. The highest BCUT2D eigenvalue weighted by Crippen LogP contribution is 2.24. The molecule has 1 aromatic rings. The Labute approximate surface area is 104 Å². The Bertz CT molecular complexity index is 317. The molecule has 0 bridgehead atoms. The quantitative estimate of drug-likeness (QED) is 0.894. The summed E-state index contributed by atoms with van der Waals surface area (Å²) in [5, 5.41) is 3.41. The zero-order valence-corrected chi connectivity index (χ0v) is 11.8. The van der Waals surface area contributed by atoms with Gasteiger partial charge in [0, 0.05) is 12.2 Å². The summed E-state index contributed by atoms with van der Waals surface area (Å²) in [6.07, 6.45) is 5.13. The fourth-order valence-electron chi connectivity index (χ4n) is 1.24. The molecule has 1 N–H and O–H groups in total. The third-order valence-electron chi connectivity index (χ3n) is 2.22. The van der Waals surface area contributed by atoms with Crippen molar-refractivity contribution >= 4 is 33.5 Å². The molecule has 1 aromatic heterocycles. The second-order valence-electron chi connectivity index (χ2n) is 3.62. The Kier molecular flexibility index (Phi) is 5.47. The van der Waals surface area contributed by atoms with Crippen LogP contribution in [0.3, 0.4) is 0 Å². The molecule has 15 heavy (non-hydrogen) atoms. The van der Waals surface area contributed by atoms with Crippen LogP contribution in [0.25, 0.3) is 0 Å². The van der Waals surface area contributed by atoms with Gasteiger partial charge in [-0.25, -0.2) is 4.98 Å². The number of halogens is 1. The van der Waals surface area contributed by atoms with Crippen LogP contribution < -0.4 is 5.32 Å². The second kappa shape index (κ2) is 6.38. The zero-order chi connectivity index (χ0) is 11.3. The molecule has 2 nitrogen and oxygen atoms in total. The summed E-state index contributed by atoms with van der Waals surface area (Å²) in [7, 11) is 0. The van der Waals surface area contributed by atoms with Gasteiger partial charge < -0.3 is 5.32 Å². The summed E-state index contributed by atoms with van der Waals surface area (Å²) in [6.45, 7) is 4.26. The maximum atomic E-state index is 4.32. The lowest BCUT2D eigenvalue weighted by Crippen LogP contribution is -2.17. The molecule has 0 amide bonds. The topological polar surface area (TPSA) is 24.9 Å². The Balaban J connectivity index is 2.60. The van der Waals surface area contributed by atoms with Crippen LogP contribution in [-0.2, 0) is 0 Å². The normalized spacial score (nSPS) is 12.5. The molecule has 0 aromatic carbocycles. The molecule has 1 atom stereocenters. The van der Waals surface area contributed by atoms with Crippen LogP contribution in [-0.4, -0.2) is 23.0 Å². The zero-order valence-electron chi connectivity index (χ0n) is 9.38. The molecule has 0 saturated heterocycles. The number of pyridine rings is 1. The van der Waals surface area contributed by atoms with Gasteiger partial charge in [0.15, 0.2) is 0 Å². The van der Waals surface area contributed by atoms with Crippen molar-refractivity contribution in [2.24, 2.45) is 0 Å². The highest BCUT2D eigenvalue weighted by Gasteiger charge is 2.07. The maximum absolute atomic E-state index is 4.32. The van der Waals surface area contributed by atoms with Crippen LogP contribution in [0, 0.1) is 6.92 Å². The number of aryl methyl sites for hydroxylation is 1. The van der Waals surface area contributed by atoms with E-state index in [1.807, 2.05) is 24.0 Å². The van der Waals surface area contributed by atoms with Crippen molar-refractivity contribution in [3.05, 3.63) is 22.3 Å². The molecule has 1 unspecified atom stereocenters. The molecule has 0 spiro atoms. The van der Waals surface area contributed by atoms with Crippen LogP contribution in [0.15, 0.2) is 16.7 Å². The highest BCUT2D eigenvalue weighted by molar-refractivity contribution is 9.10. The first-order valence-electron chi connectivity index (χ1n) is 5.01. The van der Waals surface area contributed by atoms with Crippen molar-refractivity contribution in [2.75, 3.05) is 17.3 Å². The monoisotopic (exact) mass is 288 g/mol. The lowest BCUT2D eigenvalue weighted by molar-refractivity contribution is 0.766. The SMILES string of the molecule is CSCCC(C)Nc1nccc(C)c1Br. The van der Waals surface area contributed by atoms with Crippen LogP contribution in [0.1, 0.15) is 18.9 Å². The predicted molar refractivity (Wildman–Crippen MR) is 72.8 cm³/mol. The molecule has 0 radical (unpaired) electrons. The van der Waals surface area contributed by atoms with E-state index in [9.17, 15) is 0 Å². The predicted octanol–water partition coefficient (Wildman–Crippen LogP) is 3.71. The number of hydrogen-bond donors (Lipinski definition) is 1. The first-order chi connectivity index (χ1) is 7.15. The van der Waals surface area contributed by atoms with Gasteiger partial charge in [0.25, 0.3) is 0 Å². The van der Waals surface area contributed by atoms with E-state index in [2.05, 4.69) is 46.3 Å². The summed E-state index contributed by atoms with van der Waals surface area (Å²) in [6, 6.07) is 2.46. The van der Waals surface area contributed by atoms with E-state index in [0.717, 1.165) is 16.7 Å². The molecule has 0 aliphatic rings. The van der Waals surface area contributed by atoms with Gasteiger partial charge in [0.1, 0.15) is 5.82 Å². The molecule has 0 fully saturated rings. The molecule has 0 aliphatic carbocycles. The molecular formula is C11H17BrN2S. The van der Waals surface area contributed by atoms with E-state index in [1.165, 1.54) is 11.3 Å². The lowest BCUT2D eigenvalue weighted by atomic mass is 10.2. The van der Waals surface area contributed by atoms with E-state index in [-0.39, 0.29) is 0 Å². The van der Waals surface area contributed by atoms with Gasteiger partial charge in [-0.1, -0.05) is 0 Å². The molecule has 0 aliphatic heterocycles. The first kappa shape index (κ1) is 12.8. The van der Waals surface area contributed by atoms with Crippen LogP contribution >= 0.6 is 27.7 Å². The molecule has 1 heterocycles. The van der Waals surface area contributed by atoms with Gasteiger partial charge in [-0.3, -0.25) is 0 Å². The summed E-state index contributed by atoms with van der Waals surface area (Å²) < 4.78 is 1.07. The van der Waals surface area contributed by atoms with Crippen molar-refractivity contribution in [1.82, 2.24) is 4.98 Å². The smallest absolute Gasteiger partial charge is 0.140 e. The maximum Gasteiger partial charge on any atom is 0.140 e. The number of nitrogens with one attached hydrogen (secondary N) is 1. The summed E-state index contributed by atoms with van der Waals surface area (Å²) >= 11 is 5.42. The van der Waals surface area contributed by atoms with E-state index < -0.39 is 0 Å². The van der Waals surface area contributed by atoms with Gasteiger partial charge >= 0.3 is 0 Å². The van der Waals surface area contributed by atoms with Gasteiger partial charge in [-0.15, -0.1) is 0 Å². The Hall–Kier alpha value is -0.220. The number of anilines is 1. The lowest BCUT2D eigenvalue weighted by Gasteiger charge is -2.15. The van der Waals surface area contributed by atoms with Crippen molar-refractivity contribution in [3.63, 3.8) is 0 Å². The number of thioether (sulfide) groups is 1. The second-order valence-corrected chi connectivity index (χ2v) is 5.40. The summed E-state index contributed by atoms with van der Waals surface area (Å²) in [5.74, 6) is 2.13. The minimum Gasteiger partial charge on any atom is -0.367 e. The fraction of sp³-hybridized carbons (Fsp3) is 0.545. The Morgan fingerprint density at radius 1 is 1.60 bits per heavy atom. The summed E-state index contributed by atoms with van der Waals surface area (Å²) in [5.41, 5.74) is 1.21. The first-order valence-corrected chi connectivity index (χ1v) is 7.20. The molecule has 4 heteroatoms. The van der Waals surface area contributed by atoms with Crippen molar-refractivity contribution in [2.45, 2.75) is 26.3 Å². The Morgan fingerprint density at radius 2 is 2.33 bits per heavy atom. The van der Waals surface area contributed by atoms with E-state index in [4.69, 9.17) is 0 Å². The third-order valence-corrected chi connectivity index (χ3v) is 3.87. The largest absolute Gasteiger partial charge is 0.367 e. The Morgan fingerprint density at radius 3 is 3.00 bits per heavy atom. The van der Waals surface area contributed by atoms with Crippen LogP contribution in [0.2, 0.25) is 0 Å². The van der Waals surface area contributed by atoms with E-state index in [1.54, 1.807) is 0 Å². The number of nitrogens with zero attached hydrogens (tertiary/aromatic N) is 1. The van der Waals surface area contributed by atoms with Gasteiger partial charge in [-0.05, 0) is 59.8 Å². The van der Waals surface area contributed by atoms with Gasteiger partial charge in [0.2, 0.25) is 0 Å². The van der Waals surface area contributed by atoms with Crippen LogP contribution in [0.5, 0.6) is 0 Å².